The minimum atomic E-state index is -0.503. The van der Waals surface area contributed by atoms with Crippen molar-refractivity contribution in [3.05, 3.63) is 47.5 Å². The largest absolute Gasteiger partial charge is 0.508 e. The van der Waals surface area contributed by atoms with Gasteiger partial charge in [0.15, 0.2) is 5.78 Å². The van der Waals surface area contributed by atoms with E-state index in [0.29, 0.717) is 0 Å². The number of ether oxygens (including phenoxy) is 1. The van der Waals surface area contributed by atoms with E-state index in [2.05, 4.69) is 0 Å². The van der Waals surface area contributed by atoms with Crippen LogP contribution in [0.5, 0.6) is 23.0 Å². The first-order valence-corrected chi connectivity index (χ1v) is 6.09. The predicted octanol–water partition coefficient (Wildman–Crippen LogP) is 1.69. The van der Waals surface area contributed by atoms with Crippen LogP contribution in [0.2, 0.25) is 0 Å². The summed E-state index contributed by atoms with van der Waals surface area (Å²) in [5.74, 6) is -0.403. The smallest absolute Gasteiger partial charge is 0.174 e. The maximum absolute atomic E-state index is 12.1. The molecule has 2 aromatic rings. The van der Waals surface area contributed by atoms with Crippen LogP contribution in [0.15, 0.2) is 36.4 Å². The third-order valence-electron chi connectivity index (χ3n) is 3.25. The highest BCUT2D eigenvalue weighted by Gasteiger charge is 2.30. The van der Waals surface area contributed by atoms with Gasteiger partial charge in [-0.05, 0) is 17.7 Å². The fourth-order valence-electron chi connectivity index (χ4n) is 2.30. The van der Waals surface area contributed by atoms with Crippen molar-refractivity contribution < 1.29 is 30.3 Å². The van der Waals surface area contributed by atoms with Gasteiger partial charge in [-0.3, -0.25) is 4.79 Å². The van der Waals surface area contributed by atoms with Gasteiger partial charge in [0.1, 0.15) is 34.7 Å². The third-order valence-corrected chi connectivity index (χ3v) is 3.25. The van der Waals surface area contributed by atoms with Crippen molar-refractivity contribution in [1.29, 1.82) is 0 Å². The zero-order valence-corrected chi connectivity index (χ0v) is 10.9. The number of ketones is 1. The Kier molecular flexibility index (Phi) is 3.73. The number of aromatic hydroxyl groups is 3. The van der Waals surface area contributed by atoms with Crippen LogP contribution in [-0.2, 0) is 0 Å². The summed E-state index contributed by atoms with van der Waals surface area (Å²) in [5, 5.41) is 28.4. The van der Waals surface area contributed by atoms with Crippen molar-refractivity contribution in [2.45, 2.75) is 12.5 Å². The van der Waals surface area contributed by atoms with Gasteiger partial charge >= 0.3 is 0 Å². The van der Waals surface area contributed by atoms with Gasteiger partial charge in [0, 0.05) is 12.1 Å². The summed E-state index contributed by atoms with van der Waals surface area (Å²) >= 11 is 0. The molecule has 0 bridgehead atoms. The van der Waals surface area contributed by atoms with Gasteiger partial charge in [0.2, 0.25) is 0 Å². The highest BCUT2D eigenvalue weighted by molar-refractivity contribution is 6.02. The van der Waals surface area contributed by atoms with Gasteiger partial charge in [-0.1, -0.05) is 12.1 Å². The fourth-order valence-corrected chi connectivity index (χ4v) is 2.30. The second kappa shape index (κ2) is 5.34. The highest BCUT2D eigenvalue weighted by Crippen LogP contribution is 2.41. The van der Waals surface area contributed by atoms with Crippen LogP contribution >= 0.6 is 0 Å². The Morgan fingerprint density at radius 3 is 2.33 bits per heavy atom. The maximum atomic E-state index is 12.1. The minimum Gasteiger partial charge on any atom is -0.508 e. The fraction of sp³-hybridized carbons (Fsp3) is 0.133. The number of rotatable bonds is 1. The molecular formula is C15H14O6. The summed E-state index contributed by atoms with van der Waals surface area (Å²) < 4.78 is 5.67. The molecule has 21 heavy (non-hydrogen) atoms. The van der Waals surface area contributed by atoms with E-state index in [4.69, 9.17) is 4.74 Å². The first-order chi connectivity index (χ1) is 9.54. The molecule has 1 aliphatic rings. The number of Topliss-reactive ketones (excluding diaryl/α,β-unsaturated/α-hetero) is 1. The topological polar surface area (TPSA) is 118 Å². The lowest BCUT2D eigenvalue weighted by atomic mass is 9.95. The number of hydrogen-bond acceptors (Lipinski definition) is 5. The Hall–Kier alpha value is -2.73. The summed E-state index contributed by atoms with van der Waals surface area (Å²) in [6.45, 7) is 0. The summed E-state index contributed by atoms with van der Waals surface area (Å²) in [4.78, 5) is 12.1. The Labute approximate surface area is 120 Å². The van der Waals surface area contributed by atoms with E-state index in [0.717, 1.165) is 11.6 Å². The van der Waals surface area contributed by atoms with Crippen LogP contribution in [0.4, 0.5) is 0 Å². The summed E-state index contributed by atoms with van der Waals surface area (Å²) in [6, 6.07) is 8.78. The van der Waals surface area contributed by atoms with Crippen molar-refractivity contribution in [3.8, 4) is 23.0 Å². The maximum Gasteiger partial charge on any atom is 0.174 e. The molecule has 1 heterocycles. The number of carbonyl (C=O) groups is 1. The number of fused-ring (bicyclic) bond motifs is 1. The summed E-state index contributed by atoms with van der Waals surface area (Å²) in [6.07, 6.45) is -0.410. The van der Waals surface area contributed by atoms with Gasteiger partial charge in [-0.2, -0.15) is 0 Å². The number of benzene rings is 2. The average molecular weight is 290 g/mol. The van der Waals surface area contributed by atoms with Crippen LogP contribution in [-0.4, -0.2) is 26.6 Å². The van der Waals surface area contributed by atoms with Crippen molar-refractivity contribution in [2.24, 2.45) is 0 Å². The van der Waals surface area contributed by atoms with Gasteiger partial charge in [0.25, 0.3) is 0 Å². The SMILES string of the molecule is O.O=C1CC(c2ccc(O)cc2)Oc2cc(O)cc(O)c21. The van der Waals surface area contributed by atoms with Crippen LogP contribution < -0.4 is 4.74 Å². The van der Waals surface area contributed by atoms with E-state index in [1.807, 2.05) is 0 Å². The van der Waals surface area contributed by atoms with Gasteiger partial charge in [-0.25, -0.2) is 0 Å². The Morgan fingerprint density at radius 2 is 1.67 bits per heavy atom. The van der Waals surface area contributed by atoms with E-state index in [-0.39, 0.29) is 46.2 Å². The molecule has 1 unspecified atom stereocenters. The monoisotopic (exact) mass is 290 g/mol. The molecular weight excluding hydrogens is 276 g/mol. The molecule has 6 nitrogen and oxygen atoms in total. The van der Waals surface area contributed by atoms with Crippen molar-refractivity contribution in [1.82, 2.24) is 0 Å². The Bertz CT molecular complexity index is 677. The molecule has 6 heteroatoms. The number of phenols is 3. The first-order valence-electron chi connectivity index (χ1n) is 6.09. The quantitative estimate of drug-likeness (QED) is 0.738. The van der Waals surface area contributed by atoms with E-state index in [1.165, 1.54) is 18.2 Å². The highest BCUT2D eigenvalue weighted by atomic mass is 16.5. The molecule has 5 N–H and O–H groups in total. The van der Waals surface area contributed by atoms with Crippen molar-refractivity contribution in [2.75, 3.05) is 0 Å². The Morgan fingerprint density at radius 1 is 1.00 bits per heavy atom. The molecule has 0 spiro atoms. The lowest BCUT2D eigenvalue weighted by Gasteiger charge is -2.26. The standard InChI is InChI=1S/C15H12O5.H2O/c16-9-3-1-8(2-4-9)13-7-12(19)15-11(18)5-10(17)6-14(15)20-13;/h1-6,13,16-18H,7H2;1H2. The van der Waals surface area contributed by atoms with E-state index >= 15 is 0 Å². The molecule has 0 radical (unpaired) electrons. The second-order valence-electron chi connectivity index (χ2n) is 4.66. The molecule has 2 aromatic carbocycles. The lowest BCUT2D eigenvalue weighted by molar-refractivity contribution is 0.0845. The minimum absolute atomic E-state index is 0. The van der Waals surface area contributed by atoms with Crippen molar-refractivity contribution in [3.63, 3.8) is 0 Å². The average Bonchev–Trinajstić information content (AvgIpc) is 2.38. The zero-order valence-electron chi connectivity index (χ0n) is 10.9. The molecule has 1 atom stereocenters. The summed E-state index contributed by atoms with van der Waals surface area (Å²) in [7, 11) is 0. The second-order valence-corrected chi connectivity index (χ2v) is 4.66. The van der Waals surface area contributed by atoms with Crippen LogP contribution in [0.3, 0.4) is 0 Å². The number of carbonyl (C=O) groups excluding carboxylic acids is 1. The number of hydrogen-bond donors (Lipinski definition) is 3. The van der Waals surface area contributed by atoms with Gasteiger partial charge in [0.05, 0.1) is 6.42 Å². The Balaban J connectivity index is 0.00000161. The van der Waals surface area contributed by atoms with Gasteiger partial charge < -0.3 is 25.5 Å². The van der Waals surface area contributed by atoms with E-state index in [1.54, 1.807) is 12.1 Å². The zero-order chi connectivity index (χ0) is 14.3. The summed E-state index contributed by atoms with van der Waals surface area (Å²) in [5.41, 5.74) is 0.836. The molecule has 0 saturated heterocycles. The van der Waals surface area contributed by atoms with Crippen molar-refractivity contribution >= 4 is 5.78 Å². The first kappa shape index (κ1) is 14.7. The van der Waals surface area contributed by atoms with E-state index < -0.39 is 6.10 Å². The van der Waals surface area contributed by atoms with Crippen LogP contribution in [0.25, 0.3) is 0 Å². The molecule has 0 fully saturated rings. The third kappa shape index (κ3) is 2.61. The van der Waals surface area contributed by atoms with E-state index in [9.17, 15) is 20.1 Å². The molecule has 0 amide bonds. The molecule has 0 aromatic heterocycles. The molecule has 3 rings (SSSR count). The molecule has 110 valence electrons. The number of phenolic OH excluding ortho intramolecular Hbond substituents is 3. The van der Waals surface area contributed by atoms with Gasteiger partial charge in [-0.15, -0.1) is 0 Å². The normalized spacial score (nSPS) is 16.6. The molecule has 1 aliphatic heterocycles. The predicted molar refractivity (Wildman–Crippen MR) is 73.8 cm³/mol. The van der Waals surface area contributed by atoms with Crippen LogP contribution in [0, 0.1) is 0 Å². The molecule has 0 aliphatic carbocycles. The van der Waals surface area contributed by atoms with Crippen LogP contribution in [0.1, 0.15) is 28.4 Å². The molecule has 0 saturated carbocycles. The lowest BCUT2D eigenvalue weighted by Crippen LogP contribution is -2.20.